The summed E-state index contributed by atoms with van der Waals surface area (Å²) in [5, 5.41) is 0. The minimum Gasteiger partial charge on any atom is -0.497 e. The highest BCUT2D eigenvalue weighted by Crippen LogP contribution is 2.41. The molecule has 2 nitrogen and oxygen atoms in total. The van der Waals surface area contributed by atoms with E-state index in [0.717, 1.165) is 0 Å². The number of hydrogen-bond acceptors (Lipinski definition) is 2. The normalized spacial score (nSPS) is 20.6. The molecule has 1 aliphatic carbocycles. The van der Waals surface area contributed by atoms with Crippen molar-refractivity contribution in [3.05, 3.63) is 71.3 Å². The highest BCUT2D eigenvalue weighted by molar-refractivity contribution is 6.06. The first-order valence-corrected chi connectivity index (χ1v) is 6.31. The second-order valence-corrected chi connectivity index (χ2v) is 4.68. The standard InChI is InChI=1S/C17H13FO2/c1-20-14-9-7-12-8-10-16(19)17(18,15(12)11-14)13-5-3-2-4-6-13/h2-11H,1H3/t17-/m0/s1. The maximum absolute atomic E-state index is 15.6. The fraction of sp³-hybridized carbons (Fsp3) is 0.118. The molecular formula is C17H13FO2. The number of hydrogen-bond donors (Lipinski definition) is 0. The molecule has 2 aromatic carbocycles. The first-order chi connectivity index (χ1) is 9.66. The zero-order valence-electron chi connectivity index (χ0n) is 11.0. The molecule has 100 valence electrons. The Morgan fingerprint density at radius 3 is 2.50 bits per heavy atom. The second-order valence-electron chi connectivity index (χ2n) is 4.68. The van der Waals surface area contributed by atoms with E-state index >= 15 is 4.39 Å². The van der Waals surface area contributed by atoms with E-state index in [2.05, 4.69) is 0 Å². The molecule has 0 aromatic heterocycles. The maximum atomic E-state index is 15.6. The summed E-state index contributed by atoms with van der Waals surface area (Å²) < 4.78 is 20.7. The quantitative estimate of drug-likeness (QED) is 0.833. The third-order valence-electron chi connectivity index (χ3n) is 3.56. The topological polar surface area (TPSA) is 26.3 Å². The largest absolute Gasteiger partial charge is 0.497 e. The Balaban J connectivity index is 2.26. The number of alkyl halides is 1. The summed E-state index contributed by atoms with van der Waals surface area (Å²) in [6.45, 7) is 0. The van der Waals surface area contributed by atoms with Gasteiger partial charge in [-0.25, -0.2) is 4.39 Å². The Morgan fingerprint density at radius 2 is 1.80 bits per heavy atom. The molecule has 2 aromatic rings. The maximum Gasteiger partial charge on any atom is 0.223 e. The van der Waals surface area contributed by atoms with Crippen LogP contribution in [0.5, 0.6) is 5.75 Å². The number of fused-ring (bicyclic) bond motifs is 1. The zero-order chi connectivity index (χ0) is 14.2. The molecule has 0 saturated carbocycles. The average molecular weight is 268 g/mol. The summed E-state index contributed by atoms with van der Waals surface area (Å²) in [6.07, 6.45) is 2.93. The van der Waals surface area contributed by atoms with E-state index in [9.17, 15) is 4.79 Å². The van der Waals surface area contributed by atoms with Gasteiger partial charge >= 0.3 is 0 Å². The minimum absolute atomic E-state index is 0.329. The molecule has 3 rings (SSSR count). The van der Waals surface area contributed by atoms with Gasteiger partial charge in [0.05, 0.1) is 7.11 Å². The monoisotopic (exact) mass is 268 g/mol. The predicted molar refractivity (Wildman–Crippen MR) is 75.4 cm³/mol. The van der Waals surface area contributed by atoms with Crippen LogP contribution in [0.3, 0.4) is 0 Å². The van der Waals surface area contributed by atoms with Crippen molar-refractivity contribution < 1.29 is 13.9 Å². The van der Waals surface area contributed by atoms with Crippen molar-refractivity contribution in [2.75, 3.05) is 7.11 Å². The van der Waals surface area contributed by atoms with Gasteiger partial charge in [-0.15, -0.1) is 0 Å². The molecule has 0 unspecified atom stereocenters. The molecule has 0 radical (unpaired) electrons. The van der Waals surface area contributed by atoms with Crippen LogP contribution < -0.4 is 4.74 Å². The Bertz CT molecular complexity index is 691. The van der Waals surface area contributed by atoms with E-state index in [4.69, 9.17) is 4.74 Å². The van der Waals surface area contributed by atoms with Crippen LogP contribution in [-0.2, 0) is 10.5 Å². The Labute approximate surface area is 116 Å². The SMILES string of the molecule is COc1ccc2c(c1)[C@@](F)(c1ccccc1)C(=O)C=C2. The number of benzene rings is 2. The summed E-state index contributed by atoms with van der Waals surface area (Å²) in [5.74, 6) is -0.0331. The Kier molecular flexibility index (Phi) is 2.90. The van der Waals surface area contributed by atoms with Crippen LogP contribution in [0.2, 0.25) is 0 Å². The molecule has 0 amide bonds. The number of methoxy groups -OCH3 is 1. The van der Waals surface area contributed by atoms with Gasteiger partial charge in [-0.05, 0) is 23.8 Å². The summed E-state index contributed by atoms with van der Waals surface area (Å²) in [6, 6.07) is 13.6. The number of carbonyl (C=O) groups is 1. The minimum atomic E-state index is -2.15. The van der Waals surface area contributed by atoms with Gasteiger partial charge in [0.1, 0.15) is 5.75 Å². The third kappa shape index (κ3) is 1.74. The lowest BCUT2D eigenvalue weighted by Crippen LogP contribution is -2.33. The fourth-order valence-electron chi connectivity index (χ4n) is 2.48. The average Bonchev–Trinajstić information content (AvgIpc) is 2.51. The van der Waals surface area contributed by atoms with Crippen LogP contribution in [0, 0.1) is 0 Å². The molecule has 20 heavy (non-hydrogen) atoms. The van der Waals surface area contributed by atoms with Gasteiger partial charge in [0, 0.05) is 11.1 Å². The van der Waals surface area contributed by atoms with Gasteiger partial charge in [0.15, 0.2) is 0 Å². The number of carbonyl (C=O) groups excluding carboxylic acids is 1. The van der Waals surface area contributed by atoms with Crippen LogP contribution in [-0.4, -0.2) is 12.9 Å². The van der Waals surface area contributed by atoms with Crippen molar-refractivity contribution in [2.45, 2.75) is 5.67 Å². The molecular weight excluding hydrogens is 255 g/mol. The molecule has 0 heterocycles. The van der Waals surface area contributed by atoms with Crippen molar-refractivity contribution in [3.63, 3.8) is 0 Å². The second kappa shape index (κ2) is 4.60. The van der Waals surface area contributed by atoms with Crippen LogP contribution in [0.15, 0.2) is 54.6 Å². The Hall–Kier alpha value is -2.42. The van der Waals surface area contributed by atoms with E-state index in [1.54, 1.807) is 54.6 Å². The number of ether oxygens (including phenoxy) is 1. The van der Waals surface area contributed by atoms with Gasteiger partial charge in [-0.2, -0.15) is 0 Å². The lowest BCUT2D eigenvalue weighted by Gasteiger charge is -2.28. The van der Waals surface area contributed by atoms with Gasteiger partial charge < -0.3 is 4.74 Å². The smallest absolute Gasteiger partial charge is 0.223 e. The van der Waals surface area contributed by atoms with Crippen molar-refractivity contribution in [1.82, 2.24) is 0 Å². The van der Waals surface area contributed by atoms with E-state index < -0.39 is 11.5 Å². The predicted octanol–water partition coefficient (Wildman–Crippen LogP) is 3.50. The summed E-state index contributed by atoms with van der Waals surface area (Å²) in [7, 11) is 1.52. The first kappa shape index (κ1) is 12.6. The molecule has 1 atom stereocenters. The third-order valence-corrected chi connectivity index (χ3v) is 3.56. The van der Waals surface area contributed by atoms with E-state index in [-0.39, 0.29) is 0 Å². The van der Waals surface area contributed by atoms with E-state index in [0.29, 0.717) is 22.4 Å². The van der Waals surface area contributed by atoms with Gasteiger partial charge in [-0.3, -0.25) is 4.79 Å². The van der Waals surface area contributed by atoms with E-state index in [1.807, 2.05) is 0 Å². The van der Waals surface area contributed by atoms with Crippen LogP contribution >= 0.6 is 0 Å². The summed E-state index contributed by atoms with van der Waals surface area (Å²) in [5.41, 5.74) is -0.795. The lowest BCUT2D eigenvalue weighted by molar-refractivity contribution is -0.123. The van der Waals surface area contributed by atoms with Gasteiger partial charge in [0.2, 0.25) is 11.5 Å². The highest BCUT2D eigenvalue weighted by Gasteiger charge is 2.44. The molecule has 0 N–H and O–H groups in total. The number of ketones is 1. The zero-order valence-corrected chi connectivity index (χ0v) is 11.0. The summed E-state index contributed by atoms with van der Waals surface area (Å²) >= 11 is 0. The summed E-state index contributed by atoms with van der Waals surface area (Å²) in [4.78, 5) is 12.2. The molecule has 0 saturated heterocycles. The van der Waals surface area contributed by atoms with Gasteiger partial charge in [0.25, 0.3) is 0 Å². The number of halogens is 1. The Morgan fingerprint density at radius 1 is 1.05 bits per heavy atom. The van der Waals surface area contributed by atoms with Crippen molar-refractivity contribution >= 4 is 11.9 Å². The highest BCUT2D eigenvalue weighted by atomic mass is 19.1. The number of rotatable bonds is 2. The fourth-order valence-corrected chi connectivity index (χ4v) is 2.48. The molecule has 1 aliphatic rings. The van der Waals surface area contributed by atoms with Crippen molar-refractivity contribution in [3.8, 4) is 5.75 Å². The molecule has 0 spiro atoms. The van der Waals surface area contributed by atoms with Crippen molar-refractivity contribution in [1.29, 1.82) is 0 Å². The van der Waals surface area contributed by atoms with Crippen LogP contribution in [0.4, 0.5) is 4.39 Å². The van der Waals surface area contributed by atoms with E-state index in [1.165, 1.54) is 13.2 Å². The number of allylic oxidation sites excluding steroid dienone is 1. The molecule has 0 bridgehead atoms. The molecule has 3 heteroatoms. The van der Waals surface area contributed by atoms with Crippen LogP contribution in [0.1, 0.15) is 16.7 Å². The van der Waals surface area contributed by atoms with Gasteiger partial charge in [-0.1, -0.05) is 42.5 Å². The molecule has 0 aliphatic heterocycles. The molecule has 0 fully saturated rings. The first-order valence-electron chi connectivity index (χ1n) is 6.31. The van der Waals surface area contributed by atoms with Crippen molar-refractivity contribution in [2.24, 2.45) is 0 Å². The van der Waals surface area contributed by atoms with Crippen LogP contribution in [0.25, 0.3) is 6.08 Å². The lowest BCUT2D eigenvalue weighted by atomic mass is 9.78.